The molecule has 100 valence electrons. The van der Waals surface area contributed by atoms with Gasteiger partial charge in [0, 0.05) is 10.6 Å². The van der Waals surface area contributed by atoms with Gasteiger partial charge in [0.25, 0.3) is 0 Å². The van der Waals surface area contributed by atoms with Gasteiger partial charge >= 0.3 is 5.97 Å². The standard InChI is InChI=1S/C12H9ClFNO3S/c1-18-12(17)9-11(19-5-15-9)10(16)7-3-2-6(13)4-8(7)14/h2-5,10,16H,1H3. The molecule has 2 rings (SSSR count). The van der Waals surface area contributed by atoms with Crippen LogP contribution in [0.3, 0.4) is 0 Å². The van der Waals surface area contributed by atoms with Crippen LogP contribution in [0, 0.1) is 5.82 Å². The van der Waals surface area contributed by atoms with Gasteiger partial charge in [0.05, 0.1) is 17.5 Å². The van der Waals surface area contributed by atoms with Gasteiger partial charge in [0.1, 0.15) is 11.9 Å². The Balaban J connectivity index is 2.42. The number of ether oxygens (including phenoxy) is 1. The van der Waals surface area contributed by atoms with Crippen molar-refractivity contribution < 1.29 is 19.0 Å². The summed E-state index contributed by atoms with van der Waals surface area (Å²) >= 11 is 6.69. The maximum Gasteiger partial charge on any atom is 0.357 e. The first-order chi connectivity index (χ1) is 9.04. The molecule has 0 fully saturated rings. The van der Waals surface area contributed by atoms with E-state index < -0.39 is 17.9 Å². The van der Waals surface area contributed by atoms with Gasteiger partial charge < -0.3 is 9.84 Å². The Labute approximate surface area is 117 Å². The normalized spacial score (nSPS) is 12.2. The van der Waals surface area contributed by atoms with Crippen LogP contribution in [0.2, 0.25) is 5.02 Å². The molecule has 0 aliphatic heterocycles. The van der Waals surface area contributed by atoms with Crippen LogP contribution in [-0.4, -0.2) is 23.2 Å². The van der Waals surface area contributed by atoms with Crippen molar-refractivity contribution in [3.8, 4) is 0 Å². The van der Waals surface area contributed by atoms with Crippen LogP contribution in [0.4, 0.5) is 4.39 Å². The average molecular weight is 302 g/mol. The Morgan fingerprint density at radius 2 is 2.32 bits per heavy atom. The summed E-state index contributed by atoms with van der Waals surface area (Å²) in [6.45, 7) is 0. The monoisotopic (exact) mass is 301 g/mol. The van der Waals surface area contributed by atoms with E-state index in [4.69, 9.17) is 11.6 Å². The summed E-state index contributed by atoms with van der Waals surface area (Å²) in [4.78, 5) is 15.5. The number of hydrogen-bond acceptors (Lipinski definition) is 5. The van der Waals surface area contributed by atoms with Gasteiger partial charge in [0.2, 0.25) is 0 Å². The predicted octanol–water partition coefficient (Wildman–Crippen LogP) is 2.80. The summed E-state index contributed by atoms with van der Waals surface area (Å²) in [6, 6.07) is 3.92. The zero-order valence-corrected chi connectivity index (χ0v) is 11.3. The number of halogens is 2. The molecule has 1 N–H and O–H groups in total. The summed E-state index contributed by atoms with van der Waals surface area (Å²) in [5.41, 5.74) is 1.40. The molecule has 0 amide bonds. The second kappa shape index (κ2) is 5.64. The van der Waals surface area contributed by atoms with Gasteiger partial charge in [-0.15, -0.1) is 11.3 Å². The van der Waals surface area contributed by atoms with Crippen LogP contribution in [0.1, 0.15) is 27.0 Å². The van der Waals surface area contributed by atoms with E-state index in [0.29, 0.717) is 0 Å². The molecule has 0 saturated heterocycles. The molecule has 1 aromatic heterocycles. The highest BCUT2D eigenvalue weighted by atomic mass is 35.5. The minimum absolute atomic E-state index is 0.0191. The molecule has 0 radical (unpaired) electrons. The lowest BCUT2D eigenvalue weighted by atomic mass is 10.1. The first-order valence-corrected chi connectivity index (χ1v) is 6.45. The molecule has 7 heteroatoms. The Kier molecular flexibility index (Phi) is 4.14. The van der Waals surface area contributed by atoms with Gasteiger partial charge in [0.15, 0.2) is 5.69 Å². The molecule has 1 aromatic carbocycles. The van der Waals surface area contributed by atoms with Crippen molar-refractivity contribution in [1.29, 1.82) is 0 Å². The van der Waals surface area contributed by atoms with Crippen LogP contribution in [0.5, 0.6) is 0 Å². The topological polar surface area (TPSA) is 59.4 Å². The van der Waals surface area contributed by atoms with Crippen LogP contribution >= 0.6 is 22.9 Å². The summed E-state index contributed by atoms with van der Waals surface area (Å²) < 4.78 is 18.3. The molecule has 0 spiro atoms. The zero-order chi connectivity index (χ0) is 14.0. The number of methoxy groups -OCH3 is 1. The average Bonchev–Trinajstić information content (AvgIpc) is 2.86. The second-order valence-electron chi connectivity index (χ2n) is 3.63. The van der Waals surface area contributed by atoms with E-state index in [-0.39, 0.29) is 21.2 Å². The number of rotatable bonds is 3. The number of benzene rings is 1. The fraction of sp³-hybridized carbons (Fsp3) is 0.167. The molecule has 0 aliphatic carbocycles. The first kappa shape index (κ1) is 13.9. The number of carbonyl (C=O) groups excluding carboxylic acids is 1. The van der Waals surface area contributed by atoms with E-state index >= 15 is 0 Å². The van der Waals surface area contributed by atoms with Crippen LogP contribution in [0.25, 0.3) is 0 Å². The minimum Gasteiger partial charge on any atom is -0.464 e. The smallest absolute Gasteiger partial charge is 0.357 e. The van der Waals surface area contributed by atoms with Gasteiger partial charge in [-0.25, -0.2) is 14.2 Å². The zero-order valence-electron chi connectivity index (χ0n) is 9.76. The number of carbonyl (C=O) groups is 1. The van der Waals surface area contributed by atoms with Gasteiger partial charge in [-0.3, -0.25) is 0 Å². The van der Waals surface area contributed by atoms with E-state index in [0.717, 1.165) is 17.4 Å². The molecule has 19 heavy (non-hydrogen) atoms. The van der Waals surface area contributed by atoms with Crippen molar-refractivity contribution in [2.45, 2.75) is 6.10 Å². The van der Waals surface area contributed by atoms with E-state index in [9.17, 15) is 14.3 Å². The number of thiazole rings is 1. The molecule has 0 saturated carbocycles. The maximum atomic E-state index is 13.7. The molecule has 4 nitrogen and oxygen atoms in total. The van der Waals surface area contributed by atoms with Crippen molar-refractivity contribution >= 4 is 28.9 Å². The fourth-order valence-electron chi connectivity index (χ4n) is 1.56. The Bertz CT molecular complexity index is 617. The second-order valence-corrected chi connectivity index (χ2v) is 4.95. The molecule has 1 atom stereocenters. The predicted molar refractivity (Wildman–Crippen MR) is 68.9 cm³/mol. The van der Waals surface area contributed by atoms with Crippen LogP contribution in [0.15, 0.2) is 23.7 Å². The molecular formula is C12H9ClFNO3S. The van der Waals surface area contributed by atoms with Gasteiger partial charge in [-0.2, -0.15) is 0 Å². The van der Waals surface area contributed by atoms with Gasteiger partial charge in [-0.1, -0.05) is 17.7 Å². The molecule has 2 aromatic rings. The number of aliphatic hydroxyl groups is 1. The highest BCUT2D eigenvalue weighted by molar-refractivity contribution is 7.10. The highest BCUT2D eigenvalue weighted by Gasteiger charge is 2.24. The SMILES string of the molecule is COC(=O)c1ncsc1C(O)c1ccc(Cl)cc1F. The first-order valence-electron chi connectivity index (χ1n) is 5.19. The minimum atomic E-state index is -1.29. The number of hydrogen-bond donors (Lipinski definition) is 1. The number of aromatic nitrogens is 1. The lowest BCUT2D eigenvalue weighted by molar-refractivity contribution is 0.0589. The summed E-state index contributed by atoms with van der Waals surface area (Å²) in [6.07, 6.45) is -1.29. The summed E-state index contributed by atoms with van der Waals surface area (Å²) in [7, 11) is 1.21. The van der Waals surface area contributed by atoms with Crippen molar-refractivity contribution in [2.75, 3.05) is 7.11 Å². The van der Waals surface area contributed by atoms with Crippen molar-refractivity contribution in [3.63, 3.8) is 0 Å². The molecule has 1 heterocycles. The third-order valence-electron chi connectivity index (χ3n) is 2.48. The van der Waals surface area contributed by atoms with E-state index in [1.54, 1.807) is 0 Å². The third-order valence-corrected chi connectivity index (χ3v) is 3.60. The van der Waals surface area contributed by atoms with Gasteiger partial charge in [-0.05, 0) is 12.1 Å². The van der Waals surface area contributed by atoms with Crippen LogP contribution < -0.4 is 0 Å². The molecule has 0 aliphatic rings. The Morgan fingerprint density at radius 3 is 2.95 bits per heavy atom. The lowest BCUT2D eigenvalue weighted by Gasteiger charge is -2.11. The van der Waals surface area contributed by atoms with Crippen molar-refractivity contribution in [3.05, 3.63) is 50.7 Å². The van der Waals surface area contributed by atoms with Crippen LogP contribution in [-0.2, 0) is 4.74 Å². The molecule has 0 bridgehead atoms. The number of nitrogens with zero attached hydrogens (tertiary/aromatic N) is 1. The lowest BCUT2D eigenvalue weighted by Crippen LogP contribution is -2.09. The Morgan fingerprint density at radius 1 is 1.58 bits per heavy atom. The Hall–Kier alpha value is -1.50. The molecule has 1 unspecified atom stereocenters. The summed E-state index contributed by atoms with van der Waals surface area (Å²) in [5.74, 6) is -1.33. The van der Waals surface area contributed by atoms with E-state index in [1.807, 2.05) is 0 Å². The van der Waals surface area contributed by atoms with Crippen molar-refractivity contribution in [2.24, 2.45) is 0 Å². The van der Waals surface area contributed by atoms with E-state index in [2.05, 4.69) is 9.72 Å². The summed E-state index contributed by atoms with van der Waals surface area (Å²) in [5, 5.41) is 10.4. The van der Waals surface area contributed by atoms with E-state index in [1.165, 1.54) is 24.8 Å². The fourth-order valence-corrected chi connectivity index (χ4v) is 2.50. The maximum absolute atomic E-state index is 13.7. The number of esters is 1. The highest BCUT2D eigenvalue weighted by Crippen LogP contribution is 2.31. The third kappa shape index (κ3) is 2.75. The van der Waals surface area contributed by atoms with Crippen molar-refractivity contribution in [1.82, 2.24) is 4.98 Å². The quantitative estimate of drug-likeness (QED) is 0.886. The molecular weight excluding hydrogens is 293 g/mol. The number of aliphatic hydroxyl groups excluding tert-OH is 1. The largest absolute Gasteiger partial charge is 0.464 e.